The summed E-state index contributed by atoms with van der Waals surface area (Å²) in [7, 11) is 2.16. The van der Waals surface area contributed by atoms with E-state index in [2.05, 4.69) is 17.3 Å². The molecular formula is C27H35ClN2O3. The Morgan fingerprint density at radius 1 is 1.15 bits per heavy atom. The largest absolute Gasteiger partial charge is 0.492 e. The fraction of sp³-hybridized carbons (Fsp3) is 0.519. The highest BCUT2D eigenvalue weighted by Gasteiger charge is 2.42. The summed E-state index contributed by atoms with van der Waals surface area (Å²) in [6, 6.07) is 16.4. The summed E-state index contributed by atoms with van der Waals surface area (Å²) in [4.78, 5) is 15.7. The summed E-state index contributed by atoms with van der Waals surface area (Å²) < 4.78 is 11.5. The highest BCUT2D eigenvalue weighted by Crippen LogP contribution is 2.41. The van der Waals surface area contributed by atoms with Gasteiger partial charge in [0.15, 0.2) is 0 Å². The zero-order valence-corrected chi connectivity index (χ0v) is 20.3. The number of benzene rings is 2. The molecule has 4 rings (SSSR count). The molecule has 178 valence electrons. The lowest BCUT2D eigenvalue weighted by Crippen LogP contribution is -2.42. The molecule has 0 unspecified atom stereocenters. The third kappa shape index (κ3) is 6.08. The summed E-state index contributed by atoms with van der Waals surface area (Å²) in [6.45, 7) is 3.72. The van der Waals surface area contributed by atoms with Crippen molar-refractivity contribution < 1.29 is 14.3 Å². The number of hydrogen-bond acceptors (Lipinski definition) is 4. The number of nitrogens with one attached hydrogen (secondary N) is 1. The van der Waals surface area contributed by atoms with Crippen molar-refractivity contribution in [1.29, 1.82) is 0 Å². The van der Waals surface area contributed by atoms with E-state index in [0.29, 0.717) is 24.2 Å². The first-order chi connectivity index (χ1) is 16.1. The van der Waals surface area contributed by atoms with Crippen LogP contribution >= 0.6 is 11.6 Å². The number of halogens is 1. The van der Waals surface area contributed by atoms with Crippen LogP contribution in [0.15, 0.2) is 48.5 Å². The summed E-state index contributed by atoms with van der Waals surface area (Å²) in [5.41, 5.74) is 1.66. The number of amides is 1. The Morgan fingerprint density at radius 2 is 1.88 bits per heavy atom. The van der Waals surface area contributed by atoms with Gasteiger partial charge in [0.2, 0.25) is 5.91 Å². The van der Waals surface area contributed by atoms with Gasteiger partial charge in [-0.15, -0.1) is 0 Å². The lowest BCUT2D eigenvalue weighted by Gasteiger charge is -2.31. The third-order valence-electron chi connectivity index (χ3n) is 7.17. The van der Waals surface area contributed by atoms with Crippen molar-refractivity contribution in [3.8, 4) is 5.75 Å². The van der Waals surface area contributed by atoms with Crippen LogP contribution in [0.5, 0.6) is 5.75 Å². The molecule has 1 saturated carbocycles. The summed E-state index contributed by atoms with van der Waals surface area (Å²) in [6.07, 6.45) is 6.07. The molecule has 1 amide bonds. The number of nitrogens with zero attached hydrogens (tertiary/aromatic N) is 1. The molecule has 2 aliphatic rings. The Bertz CT molecular complexity index is 906. The second-order valence-electron chi connectivity index (χ2n) is 9.30. The van der Waals surface area contributed by atoms with Crippen LogP contribution in [0.25, 0.3) is 0 Å². The number of carbonyl (C=O) groups excluding carboxylic acids is 1. The van der Waals surface area contributed by atoms with Gasteiger partial charge in [0.1, 0.15) is 12.4 Å². The molecule has 6 heteroatoms. The molecule has 2 aromatic carbocycles. The highest BCUT2D eigenvalue weighted by atomic mass is 35.5. The van der Waals surface area contributed by atoms with Crippen molar-refractivity contribution in [3.63, 3.8) is 0 Å². The van der Waals surface area contributed by atoms with Gasteiger partial charge >= 0.3 is 0 Å². The Hall–Kier alpha value is -2.08. The van der Waals surface area contributed by atoms with E-state index in [1.807, 2.05) is 48.5 Å². The van der Waals surface area contributed by atoms with Crippen LogP contribution in [-0.4, -0.2) is 50.3 Å². The van der Waals surface area contributed by atoms with Crippen LogP contribution in [0.4, 0.5) is 0 Å². The van der Waals surface area contributed by atoms with Crippen LogP contribution < -0.4 is 10.1 Å². The SMILES string of the molecule is CN(CCOc1cccc(CNC(=O)C2(c3ccc(Cl)cc3)CCCC2)c1)C1CCOCC1. The number of carbonyl (C=O) groups is 1. The number of likely N-dealkylation sites (N-methyl/N-ethyl adjacent to an activating group) is 1. The van der Waals surface area contributed by atoms with E-state index >= 15 is 0 Å². The van der Waals surface area contributed by atoms with Gasteiger partial charge in [-0.05, 0) is 68.1 Å². The standard InChI is InChI=1S/C27H35ClN2O3/c1-30(24-11-16-32-17-12-24)15-18-33-25-6-4-5-21(19-25)20-29-26(31)27(13-2-3-14-27)22-7-9-23(28)10-8-22/h4-10,19,24H,2-3,11-18,20H2,1H3,(H,29,31). The van der Waals surface area contributed by atoms with Crippen LogP contribution in [0.3, 0.4) is 0 Å². The maximum absolute atomic E-state index is 13.3. The number of ether oxygens (including phenoxy) is 2. The molecule has 1 aliphatic carbocycles. The molecule has 5 nitrogen and oxygen atoms in total. The van der Waals surface area contributed by atoms with Gasteiger partial charge < -0.3 is 14.8 Å². The average molecular weight is 471 g/mol. The van der Waals surface area contributed by atoms with Gasteiger partial charge in [-0.25, -0.2) is 0 Å². The molecule has 2 aromatic rings. The third-order valence-corrected chi connectivity index (χ3v) is 7.42. The predicted octanol–water partition coefficient (Wildman–Crippen LogP) is 4.96. The molecule has 1 heterocycles. The molecule has 0 atom stereocenters. The molecular weight excluding hydrogens is 436 g/mol. The molecule has 0 radical (unpaired) electrons. The number of hydrogen-bond donors (Lipinski definition) is 1. The van der Waals surface area contributed by atoms with E-state index in [1.54, 1.807) is 0 Å². The van der Waals surface area contributed by atoms with Crippen LogP contribution in [0, 0.1) is 0 Å². The van der Waals surface area contributed by atoms with Crippen molar-refractivity contribution in [1.82, 2.24) is 10.2 Å². The van der Waals surface area contributed by atoms with Crippen molar-refractivity contribution in [2.24, 2.45) is 0 Å². The summed E-state index contributed by atoms with van der Waals surface area (Å²) in [5, 5.41) is 3.89. The molecule has 0 spiro atoms. The Labute approximate surface area is 202 Å². The lowest BCUT2D eigenvalue weighted by atomic mass is 9.78. The second-order valence-corrected chi connectivity index (χ2v) is 9.74. The normalized spacial score (nSPS) is 18.4. The average Bonchev–Trinajstić information content (AvgIpc) is 3.35. The first-order valence-electron chi connectivity index (χ1n) is 12.1. The van der Waals surface area contributed by atoms with E-state index < -0.39 is 5.41 Å². The first-order valence-corrected chi connectivity index (χ1v) is 12.5. The van der Waals surface area contributed by atoms with Crippen molar-refractivity contribution in [2.45, 2.75) is 56.5 Å². The van der Waals surface area contributed by atoms with Crippen LogP contribution in [0.1, 0.15) is 49.7 Å². The van der Waals surface area contributed by atoms with Crippen LogP contribution in [-0.2, 0) is 21.5 Å². The minimum absolute atomic E-state index is 0.103. The lowest BCUT2D eigenvalue weighted by molar-refractivity contribution is -0.126. The summed E-state index contributed by atoms with van der Waals surface area (Å²) >= 11 is 6.07. The van der Waals surface area contributed by atoms with Gasteiger partial charge in [0.25, 0.3) is 0 Å². The molecule has 0 bridgehead atoms. The molecule has 1 saturated heterocycles. The van der Waals surface area contributed by atoms with E-state index in [0.717, 1.165) is 75.2 Å². The Balaban J connectivity index is 1.30. The van der Waals surface area contributed by atoms with E-state index in [4.69, 9.17) is 21.1 Å². The predicted molar refractivity (Wildman–Crippen MR) is 132 cm³/mol. The quantitative estimate of drug-likeness (QED) is 0.563. The van der Waals surface area contributed by atoms with E-state index in [-0.39, 0.29) is 5.91 Å². The molecule has 0 aromatic heterocycles. The highest BCUT2D eigenvalue weighted by molar-refractivity contribution is 6.30. The minimum atomic E-state index is -0.451. The topological polar surface area (TPSA) is 50.8 Å². The number of rotatable bonds is 9. The Kier molecular flexibility index (Phi) is 8.29. The smallest absolute Gasteiger partial charge is 0.230 e. The van der Waals surface area contributed by atoms with E-state index in [9.17, 15) is 4.79 Å². The van der Waals surface area contributed by atoms with Crippen LogP contribution in [0.2, 0.25) is 5.02 Å². The zero-order valence-electron chi connectivity index (χ0n) is 19.5. The van der Waals surface area contributed by atoms with Gasteiger partial charge in [0.05, 0.1) is 5.41 Å². The van der Waals surface area contributed by atoms with Crippen molar-refractivity contribution >= 4 is 17.5 Å². The monoisotopic (exact) mass is 470 g/mol. The molecule has 2 fully saturated rings. The fourth-order valence-electron chi connectivity index (χ4n) is 5.11. The fourth-order valence-corrected chi connectivity index (χ4v) is 5.23. The maximum atomic E-state index is 13.3. The van der Waals surface area contributed by atoms with Gasteiger partial charge in [0, 0.05) is 37.4 Å². The molecule has 1 aliphatic heterocycles. The first kappa shape index (κ1) is 24.1. The van der Waals surface area contributed by atoms with Gasteiger partial charge in [-0.3, -0.25) is 9.69 Å². The Morgan fingerprint density at radius 3 is 2.61 bits per heavy atom. The zero-order chi connectivity index (χ0) is 23.1. The maximum Gasteiger partial charge on any atom is 0.230 e. The van der Waals surface area contributed by atoms with Gasteiger partial charge in [-0.2, -0.15) is 0 Å². The molecule has 33 heavy (non-hydrogen) atoms. The summed E-state index contributed by atoms with van der Waals surface area (Å²) in [5.74, 6) is 0.946. The van der Waals surface area contributed by atoms with Crippen molar-refractivity contribution in [3.05, 3.63) is 64.7 Å². The van der Waals surface area contributed by atoms with E-state index in [1.165, 1.54) is 0 Å². The molecule has 1 N–H and O–H groups in total. The minimum Gasteiger partial charge on any atom is -0.492 e. The van der Waals surface area contributed by atoms with Gasteiger partial charge in [-0.1, -0.05) is 48.7 Å². The second kappa shape index (κ2) is 11.4. The van der Waals surface area contributed by atoms with Crippen molar-refractivity contribution in [2.75, 3.05) is 33.4 Å².